The number of aromatic nitrogens is 4. The number of hydrogen-bond acceptors (Lipinski definition) is 7. The summed E-state index contributed by atoms with van der Waals surface area (Å²) in [6.07, 6.45) is 6.63. The van der Waals surface area contributed by atoms with Crippen LogP contribution in [0.25, 0.3) is 0 Å². The van der Waals surface area contributed by atoms with Gasteiger partial charge in [0.1, 0.15) is 11.2 Å². The molecule has 11 heteroatoms. The zero-order chi connectivity index (χ0) is 25.8. The van der Waals surface area contributed by atoms with Crippen molar-refractivity contribution in [3.05, 3.63) is 34.9 Å². The Labute approximate surface area is 206 Å². The standard InChI is InChI=1S/C12H20N4O2.C12H19N3O2/c1-12(2,3)18-11(17)15-6-4-5-10-9(7-15)8-16(13)14-10;1-12(2,3)17-11(16)15-6-4-5-10-9(8-15)7-13-14-10/h8H,4-7,13H2,1-3H3;7H,4-6,8H2,1-3H3,(H,13,14). The van der Waals surface area contributed by atoms with Crippen molar-refractivity contribution in [2.75, 3.05) is 18.9 Å². The molecule has 35 heavy (non-hydrogen) atoms. The minimum atomic E-state index is -0.468. The maximum atomic E-state index is 12.0. The van der Waals surface area contributed by atoms with Gasteiger partial charge in [0.25, 0.3) is 0 Å². The summed E-state index contributed by atoms with van der Waals surface area (Å²) < 4.78 is 10.8. The van der Waals surface area contributed by atoms with Crippen LogP contribution >= 0.6 is 0 Å². The van der Waals surface area contributed by atoms with E-state index in [0.29, 0.717) is 19.6 Å². The first-order chi connectivity index (χ1) is 16.3. The molecule has 0 radical (unpaired) electrons. The van der Waals surface area contributed by atoms with Gasteiger partial charge in [-0.1, -0.05) is 0 Å². The molecule has 3 N–H and O–H groups in total. The minimum Gasteiger partial charge on any atom is -0.444 e. The summed E-state index contributed by atoms with van der Waals surface area (Å²) >= 11 is 0. The second kappa shape index (κ2) is 10.6. The lowest BCUT2D eigenvalue weighted by molar-refractivity contribution is 0.0226. The highest BCUT2D eigenvalue weighted by Gasteiger charge is 2.26. The van der Waals surface area contributed by atoms with Crippen molar-refractivity contribution < 1.29 is 19.1 Å². The van der Waals surface area contributed by atoms with Crippen molar-refractivity contribution in [2.24, 2.45) is 0 Å². The number of amides is 2. The predicted molar refractivity (Wildman–Crippen MR) is 131 cm³/mol. The lowest BCUT2D eigenvalue weighted by Gasteiger charge is -2.26. The zero-order valence-electron chi connectivity index (χ0n) is 21.8. The molecule has 0 saturated heterocycles. The van der Waals surface area contributed by atoms with Crippen LogP contribution in [-0.2, 0) is 35.4 Å². The van der Waals surface area contributed by atoms with E-state index in [2.05, 4.69) is 15.3 Å². The maximum absolute atomic E-state index is 12.0. The Morgan fingerprint density at radius 1 is 0.914 bits per heavy atom. The summed E-state index contributed by atoms with van der Waals surface area (Å²) in [4.78, 5) is 28.8. The number of carbonyl (C=O) groups is 2. The fourth-order valence-electron chi connectivity index (χ4n) is 3.92. The fraction of sp³-hybridized carbons (Fsp3) is 0.667. The van der Waals surface area contributed by atoms with Crippen molar-refractivity contribution in [1.82, 2.24) is 29.9 Å². The van der Waals surface area contributed by atoms with Crippen LogP contribution in [0.15, 0.2) is 12.4 Å². The first-order valence-electron chi connectivity index (χ1n) is 12.1. The molecule has 4 rings (SSSR count). The van der Waals surface area contributed by atoms with E-state index in [-0.39, 0.29) is 12.2 Å². The van der Waals surface area contributed by atoms with E-state index < -0.39 is 11.2 Å². The molecule has 2 aliphatic rings. The molecule has 0 atom stereocenters. The van der Waals surface area contributed by atoms with Crippen LogP contribution in [0.2, 0.25) is 0 Å². The van der Waals surface area contributed by atoms with Gasteiger partial charge in [0.15, 0.2) is 0 Å². The molecule has 0 fully saturated rings. The number of ether oxygens (including phenoxy) is 2. The molecule has 194 valence electrons. The molecule has 2 aromatic heterocycles. The SMILES string of the molecule is CC(C)(C)OC(=O)N1CCCc2[nH]ncc2C1.CC(C)(C)OC(=O)N1CCCc2nn(N)cc2C1. The van der Waals surface area contributed by atoms with Crippen LogP contribution in [-0.4, -0.2) is 66.4 Å². The Balaban J connectivity index is 0.000000196. The molecule has 0 aromatic carbocycles. The largest absolute Gasteiger partial charge is 0.444 e. The van der Waals surface area contributed by atoms with E-state index in [9.17, 15) is 9.59 Å². The Hall–Kier alpha value is -3.24. The lowest BCUT2D eigenvalue weighted by atomic mass is 10.2. The average molecular weight is 490 g/mol. The van der Waals surface area contributed by atoms with Gasteiger partial charge in [-0.2, -0.15) is 15.0 Å². The van der Waals surface area contributed by atoms with E-state index in [4.69, 9.17) is 15.3 Å². The van der Waals surface area contributed by atoms with Crippen molar-refractivity contribution in [2.45, 2.75) is 91.5 Å². The Kier molecular flexibility index (Phi) is 7.97. The highest BCUT2D eigenvalue weighted by molar-refractivity contribution is 5.68. The number of H-pyrrole nitrogens is 1. The molecule has 2 aliphatic heterocycles. The molecule has 0 aliphatic carbocycles. The zero-order valence-corrected chi connectivity index (χ0v) is 21.8. The summed E-state index contributed by atoms with van der Waals surface area (Å²) in [5.41, 5.74) is 3.29. The summed E-state index contributed by atoms with van der Waals surface area (Å²) in [7, 11) is 0. The normalized spacial score (nSPS) is 16.2. The van der Waals surface area contributed by atoms with Gasteiger partial charge in [0.05, 0.1) is 31.2 Å². The number of nitrogens with two attached hydrogens (primary N) is 1. The van der Waals surface area contributed by atoms with Gasteiger partial charge in [0, 0.05) is 29.9 Å². The summed E-state index contributed by atoms with van der Waals surface area (Å²) in [5, 5.41) is 11.2. The third kappa shape index (κ3) is 7.90. The molecular weight excluding hydrogens is 450 g/mol. The summed E-state index contributed by atoms with van der Waals surface area (Å²) in [6, 6.07) is 0. The number of nitrogens with one attached hydrogen (secondary N) is 1. The Bertz CT molecular complexity index is 1020. The van der Waals surface area contributed by atoms with Gasteiger partial charge >= 0.3 is 12.2 Å². The van der Waals surface area contributed by atoms with Gasteiger partial charge in [-0.25, -0.2) is 9.59 Å². The highest BCUT2D eigenvalue weighted by atomic mass is 16.6. The van der Waals surface area contributed by atoms with Gasteiger partial charge in [-0.3, -0.25) is 5.10 Å². The highest BCUT2D eigenvalue weighted by Crippen LogP contribution is 2.20. The molecular formula is C24H39N7O4. The van der Waals surface area contributed by atoms with E-state index >= 15 is 0 Å². The number of hydrogen-bond donors (Lipinski definition) is 2. The lowest BCUT2D eigenvalue weighted by Crippen LogP contribution is -2.36. The topological polar surface area (TPSA) is 132 Å². The van der Waals surface area contributed by atoms with E-state index in [1.54, 1.807) is 22.2 Å². The van der Waals surface area contributed by atoms with Crippen LogP contribution in [0.1, 0.15) is 76.9 Å². The summed E-state index contributed by atoms with van der Waals surface area (Å²) in [5.74, 6) is 5.60. The Morgan fingerprint density at radius 2 is 1.46 bits per heavy atom. The van der Waals surface area contributed by atoms with Crippen molar-refractivity contribution in [1.29, 1.82) is 0 Å². The quantitative estimate of drug-likeness (QED) is 0.542. The number of fused-ring (bicyclic) bond motifs is 2. The first kappa shape index (κ1) is 26.4. The Morgan fingerprint density at radius 3 is 2.03 bits per heavy atom. The number of aromatic amines is 1. The van der Waals surface area contributed by atoms with Gasteiger partial charge in [-0.05, 0) is 67.2 Å². The van der Waals surface area contributed by atoms with Gasteiger partial charge in [-0.15, -0.1) is 0 Å². The fourth-order valence-corrected chi connectivity index (χ4v) is 3.92. The van der Waals surface area contributed by atoms with Crippen molar-refractivity contribution >= 4 is 12.2 Å². The second-order valence-electron chi connectivity index (χ2n) is 11.0. The summed E-state index contributed by atoms with van der Waals surface area (Å²) in [6.45, 7) is 13.8. The molecule has 0 saturated carbocycles. The van der Waals surface area contributed by atoms with Crippen LogP contribution < -0.4 is 5.84 Å². The maximum Gasteiger partial charge on any atom is 0.410 e. The van der Waals surface area contributed by atoms with Crippen LogP contribution in [0, 0.1) is 0 Å². The molecule has 11 nitrogen and oxygen atoms in total. The number of nitrogen functional groups attached to an aromatic ring is 1. The van der Waals surface area contributed by atoms with E-state index in [0.717, 1.165) is 54.7 Å². The second-order valence-corrected chi connectivity index (χ2v) is 11.0. The van der Waals surface area contributed by atoms with Crippen molar-refractivity contribution in [3.63, 3.8) is 0 Å². The van der Waals surface area contributed by atoms with Gasteiger partial charge in [0.2, 0.25) is 0 Å². The number of aryl methyl sites for hydroxylation is 2. The molecule has 2 aromatic rings. The number of rotatable bonds is 0. The molecule has 0 bridgehead atoms. The smallest absolute Gasteiger partial charge is 0.410 e. The molecule has 0 spiro atoms. The third-order valence-electron chi connectivity index (χ3n) is 5.42. The monoisotopic (exact) mass is 489 g/mol. The molecule has 2 amide bonds. The van der Waals surface area contributed by atoms with Crippen LogP contribution in [0.5, 0.6) is 0 Å². The molecule has 4 heterocycles. The van der Waals surface area contributed by atoms with E-state index in [1.165, 1.54) is 4.79 Å². The van der Waals surface area contributed by atoms with Crippen LogP contribution in [0.4, 0.5) is 9.59 Å². The van der Waals surface area contributed by atoms with Crippen molar-refractivity contribution in [3.8, 4) is 0 Å². The predicted octanol–water partition coefficient (Wildman–Crippen LogP) is 3.37. The van der Waals surface area contributed by atoms with Gasteiger partial charge < -0.3 is 25.1 Å². The third-order valence-corrected chi connectivity index (χ3v) is 5.42. The number of carbonyl (C=O) groups excluding carboxylic acids is 2. The average Bonchev–Trinajstić information content (AvgIpc) is 3.16. The first-order valence-corrected chi connectivity index (χ1v) is 12.1. The molecule has 0 unspecified atom stereocenters. The minimum absolute atomic E-state index is 0.244. The van der Waals surface area contributed by atoms with E-state index in [1.807, 2.05) is 41.5 Å². The van der Waals surface area contributed by atoms with Crippen LogP contribution in [0.3, 0.4) is 0 Å². The number of nitrogens with zero attached hydrogens (tertiary/aromatic N) is 5.